The van der Waals surface area contributed by atoms with Crippen molar-refractivity contribution in [3.05, 3.63) is 42.0 Å². The number of aliphatic imine (C=N–C) groups is 1. The first-order chi connectivity index (χ1) is 9.63. The smallest absolute Gasteiger partial charge is 0.229 e. The summed E-state index contributed by atoms with van der Waals surface area (Å²) < 4.78 is 5.66. The summed E-state index contributed by atoms with van der Waals surface area (Å²) in [6.45, 7) is 2.64. The number of carbonyl (C=O) groups excluding carboxylic acids is 1. The Morgan fingerprint density at radius 1 is 1.45 bits per heavy atom. The van der Waals surface area contributed by atoms with E-state index in [0.717, 1.165) is 12.0 Å². The zero-order valence-electron chi connectivity index (χ0n) is 11.3. The van der Waals surface area contributed by atoms with E-state index >= 15 is 0 Å². The molecule has 0 saturated carbocycles. The first-order valence-electron chi connectivity index (χ1n) is 6.59. The number of rotatable bonds is 5. The summed E-state index contributed by atoms with van der Waals surface area (Å²) in [4.78, 5) is 15.3. The van der Waals surface area contributed by atoms with Gasteiger partial charge in [-0.1, -0.05) is 25.1 Å². The number of allylic oxidation sites excluding steroid dienone is 1. The van der Waals surface area contributed by atoms with Gasteiger partial charge in [0.15, 0.2) is 6.23 Å². The normalized spacial score (nSPS) is 21.4. The fourth-order valence-electron chi connectivity index (χ4n) is 1.98. The predicted octanol–water partition coefficient (Wildman–Crippen LogP) is 1.25. The van der Waals surface area contributed by atoms with Gasteiger partial charge in [-0.3, -0.25) is 9.79 Å². The third-order valence-corrected chi connectivity index (χ3v) is 3.01. The number of benzene rings is 1. The van der Waals surface area contributed by atoms with Crippen LogP contribution in [-0.2, 0) is 4.79 Å². The Morgan fingerprint density at radius 3 is 2.85 bits per heavy atom. The first kappa shape index (κ1) is 14.3. The van der Waals surface area contributed by atoms with Gasteiger partial charge in [-0.05, 0) is 24.6 Å². The molecule has 2 unspecified atom stereocenters. The summed E-state index contributed by atoms with van der Waals surface area (Å²) in [5.41, 5.74) is 6.57. The summed E-state index contributed by atoms with van der Waals surface area (Å²) in [6.07, 6.45) is 3.03. The van der Waals surface area contributed by atoms with Crippen LogP contribution < -0.4 is 10.5 Å². The van der Waals surface area contributed by atoms with Crippen LogP contribution in [0.3, 0.4) is 0 Å². The predicted molar refractivity (Wildman–Crippen MR) is 76.6 cm³/mol. The van der Waals surface area contributed by atoms with Gasteiger partial charge >= 0.3 is 0 Å². The van der Waals surface area contributed by atoms with E-state index in [2.05, 4.69) is 4.99 Å². The van der Waals surface area contributed by atoms with Crippen molar-refractivity contribution < 1.29 is 14.6 Å². The van der Waals surface area contributed by atoms with Crippen LogP contribution in [0.4, 0.5) is 0 Å². The number of carbonyl (C=O) groups is 1. The molecule has 1 aromatic carbocycles. The van der Waals surface area contributed by atoms with Crippen molar-refractivity contribution in [3.63, 3.8) is 0 Å². The number of hydrogen-bond donors (Lipinski definition) is 2. The Bertz CT molecular complexity index is 552. The number of aliphatic hydroxyl groups excluding tert-OH is 1. The van der Waals surface area contributed by atoms with Crippen LogP contribution in [0.1, 0.15) is 18.9 Å². The number of hydrogen-bond acceptors (Lipinski definition) is 4. The molecule has 5 nitrogen and oxygen atoms in total. The van der Waals surface area contributed by atoms with Crippen molar-refractivity contribution in [1.82, 2.24) is 0 Å². The van der Waals surface area contributed by atoms with E-state index in [1.807, 2.05) is 31.2 Å². The Morgan fingerprint density at radius 2 is 2.20 bits per heavy atom. The lowest BCUT2D eigenvalue weighted by Gasteiger charge is -2.19. The van der Waals surface area contributed by atoms with Crippen molar-refractivity contribution in [2.24, 2.45) is 16.6 Å². The molecular weight excluding hydrogens is 256 g/mol. The van der Waals surface area contributed by atoms with Crippen molar-refractivity contribution in [2.75, 3.05) is 6.61 Å². The average molecular weight is 274 g/mol. The zero-order valence-corrected chi connectivity index (χ0v) is 11.3. The van der Waals surface area contributed by atoms with Crippen molar-refractivity contribution in [2.45, 2.75) is 19.6 Å². The van der Waals surface area contributed by atoms with Crippen LogP contribution in [0.15, 0.2) is 41.4 Å². The maximum atomic E-state index is 11.1. The maximum absolute atomic E-state index is 11.1. The molecule has 5 heteroatoms. The van der Waals surface area contributed by atoms with E-state index in [4.69, 9.17) is 10.5 Å². The van der Waals surface area contributed by atoms with Crippen molar-refractivity contribution in [3.8, 4) is 5.75 Å². The lowest BCUT2D eigenvalue weighted by molar-refractivity contribution is -0.123. The molecule has 1 aliphatic heterocycles. The molecule has 1 aliphatic rings. The molecule has 0 saturated heterocycles. The van der Waals surface area contributed by atoms with Crippen LogP contribution in [0.2, 0.25) is 0 Å². The number of amides is 1. The van der Waals surface area contributed by atoms with Crippen LogP contribution in [0.25, 0.3) is 0 Å². The molecule has 0 spiro atoms. The number of primary amides is 1. The van der Waals surface area contributed by atoms with E-state index in [1.165, 1.54) is 0 Å². The van der Waals surface area contributed by atoms with Gasteiger partial charge in [-0.2, -0.15) is 0 Å². The van der Waals surface area contributed by atoms with Gasteiger partial charge in [-0.15, -0.1) is 0 Å². The molecule has 1 heterocycles. The quantitative estimate of drug-likeness (QED) is 0.847. The number of ether oxygens (including phenoxy) is 1. The van der Waals surface area contributed by atoms with Crippen LogP contribution in [-0.4, -0.2) is 29.6 Å². The molecule has 3 N–H and O–H groups in total. The fourth-order valence-corrected chi connectivity index (χ4v) is 1.98. The largest absolute Gasteiger partial charge is 0.493 e. The minimum Gasteiger partial charge on any atom is -0.493 e. The first-order valence-corrected chi connectivity index (χ1v) is 6.59. The van der Waals surface area contributed by atoms with E-state index in [-0.39, 0.29) is 0 Å². The molecule has 0 fully saturated rings. The Kier molecular flexibility index (Phi) is 4.53. The zero-order chi connectivity index (χ0) is 14.5. The maximum Gasteiger partial charge on any atom is 0.229 e. The molecule has 1 amide bonds. The second-order valence-electron chi connectivity index (χ2n) is 4.56. The summed E-state index contributed by atoms with van der Waals surface area (Å²) in [7, 11) is 0. The van der Waals surface area contributed by atoms with Crippen LogP contribution >= 0.6 is 0 Å². The van der Waals surface area contributed by atoms with Gasteiger partial charge in [0.1, 0.15) is 11.7 Å². The number of nitrogens with two attached hydrogens (primary N) is 1. The molecule has 0 bridgehead atoms. The Hall–Kier alpha value is -2.14. The lowest BCUT2D eigenvalue weighted by Crippen LogP contribution is -2.33. The Balaban J connectivity index is 2.27. The number of dihydropyridines is 1. The van der Waals surface area contributed by atoms with Gasteiger partial charge in [0.05, 0.1) is 12.3 Å². The summed E-state index contributed by atoms with van der Waals surface area (Å²) >= 11 is 0. The minimum atomic E-state index is -1.15. The summed E-state index contributed by atoms with van der Waals surface area (Å²) in [5, 5.41) is 9.86. The molecule has 1 aromatic rings. The van der Waals surface area contributed by atoms with E-state index in [1.54, 1.807) is 12.2 Å². The van der Waals surface area contributed by atoms with Crippen LogP contribution in [0, 0.1) is 5.92 Å². The van der Waals surface area contributed by atoms with Gasteiger partial charge in [0.25, 0.3) is 0 Å². The third kappa shape index (κ3) is 3.05. The monoisotopic (exact) mass is 274 g/mol. The minimum absolute atomic E-state index is 0.585. The van der Waals surface area contributed by atoms with Crippen molar-refractivity contribution in [1.29, 1.82) is 0 Å². The standard InChI is InChI=1S/C15H18N2O3/c1-2-9-20-13-6-4-3-5-10(13)12-8-7-11(14(16)18)15(19)17-12/h3-8,11,15,19H,2,9H2,1H3,(H2,16,18). The lowest BCUT2D eigenvalue weighted by atomic mass is 9.99. The molecule has 20 heavy (non-hydrogen) atoms. The number of aliphatic hydroxyl groups is 1. The highest BCUT2D eigenvalue weighted by Crippen LogP contribution is 2.23. The highest BCUT2D eigenvalue weighted by molar-refractivity contribution is 6.11. The average Bonchev–Trinajstić information content (AvgIpc) is 2.45. The fraction of sp³-hybridized carbons (Fsp3) is 0.333. The molecule has 106 valence electrons. The molecule has 0 radical (unpaired) electrons. The topological polar surface area (TPSA) is 84.9 Å². The SMILES string of the molecule is CCCOc1ccccc1C1=NC(O)C(C(N)=O)C=C1. The van der Waals surface area contributed by atoms with E-state index < -0.39 is 18.1 Å². The van der Waals surface area contributed by atoms with Crippen molar-refractivity contribution >= 4 is 11.6 Å². The molecule has 0 aromatic heterocycles. The molecule has 2 rings (SSSR count). The highest BCUT2D eigenvalue weighted by Gasteiger charge is 2.25. The molecule has 0 aliphatic carbocycles. The van der Waals surface area contributed by atoms with E-state index in [0.29, 0.717) is 18.1 Å². The highest BCUT2D eigenvalue weighted by atomic mass is 16.5. The second kappa shape index (κ2) is 6.34. The van der Waals surface area contributed by atoms with E-state index in [9.17, 15) is 9.90 Å². The molecule has 2 atom stereocenters. The Labute approximate surface area is 117 Å². The summed E-state index contributed by atoms with van der Waals surface area (Å²) in [6, 6.07) is 7.47. The molecular formula is C15H18N2O3. The van der Waals surface area contributed by atoms with Gasteiger partial charge in [0.2, 0.25) is 5.91 Å². The van der Waals surface area contributed by atoms with Gasteiger partial charge < -0.3 is 15.6 Å². The third-order valence-electron chi connectivity index (χ3n) is 3.01. The second-order valence-corrected chi connectivity index (χ2v) is 4.56. The van der Waals surface area contributed by atoms with Gasteiger partial charge in [-0.25, -0.2) is 0 Å². The number of para-hydroxylation sites is 1. The van der Waals surface area contributed by atoms with Crippen LogP contribution in [0.5, 0.6) is 5.75 Å². The summed E-state index contributed by atoms with van der Waals surface area (Å²) in [5.74, 6) is -0.656. The number of nitrogens with zero attached hydrogens (tertiary/aromatic N) is 1. The van der Waals surface area contributed by atoms with Gasteiger partial charge in [0, 0.05) is 5.56 Å².